The molecule has 0 amide bonds. The first-order valence-corrected chi connectivity index (χ1v) is 11.4. The lowest BCUT2D eigenvalue weighted by Gasteiger charge is -2.15. The molecule has 0 saturated heterocycles. The van der Waals surface area contributed by atoms with Gasteiger partial charge in [-0.1, -0.05) is 84.9 Å². The lowest BCUT2D eigenvalue weighted by Crippen LogP contribution is -2.01. The molecule has 2 nitrogen and oxygen atoms in total. The molecule has 33 heavy (non-hydrogen) atoms. The lowest BCUT2D eigenvalue weighted by molar-refractivity contribution is 1.11. The molecule has 0 aliphatic carbocycles. The van der Waals surface area contributed by atoms with E-state index in [2.05, 4.69) is 131 Å². The van der Waals surface area contributed by atoms with Crippen LogP contribution in [0.2, 0.25) is 0 Å². The van der Waals surface area contributed by atoms with Crippen LogP contribution >= 0.6 is 0 Å². The van der Waals surface area contributed by atoms with Gasteiger partial charge in [-0.15, -0.1) is 0 Å². The first-order chi connectivity index (χ1) is 16.3. The Morgan fingerprint density at radius 2 is 0.848 bits per heavy atom. The van der Waals surface area contributed by atoms with Gasteiger partial charge in [0.15, 0.2) is 0 Å². The summed E-state index contributed by atoms with van der Waals surface area (Å²) in [5.74, 6) is 0. The molecule has 0 saturated carbocycles. The summed E-state index contributed by atoms with van der Waals surface area (Å²) in [7, 11) is 0. The minimum atomic E-state index is 1.20. The van der Waals surface area contributed by atoms with Crippen LogP contribution in [0.3, 0.4) is 0 Å². The molecule has 7 rings (SSSR count). The Hall–Kier alpha value is -4.30. The van der Waals surface area contributed by atoms with E-state index in [9.17, 15) is 0 Å². The van der Waals surface area contributed by atoms with Gasteiger partial charge in [0.05, 0.1) is 27.8 Å². The number of aromatic nitrogens is 2. The highest BCUT2D eigenvalue weighted by Gasteiger charge is 2.19. The molecule has 2 heterocycles. The van der Waals surface area contributed by atoms with Crippen molar-refractivity contribution in [2.45, 2.75) is 6.92 Å². The van der Waals surface area contributed by atoms with E-state index in [4.69, 9.17) is 0 Å². The van der Waals surface area contributed by atoms with Crippen molar-refractivity contribution in [2.75, 3.05) is 0 Å². The van der Waals surface area contributed by atoms with E-state index >= 15 is 0 Å². The molecule has 0 radical (unpaired) electrons. The molecule has 0 aliphatic heterocycles. The van der Waals surface area contributed by atoms with Gasteiger partial charge in [-0.25, -0.2) is 0 Å². The average molecular weight is 423 g/mol. The monoisotopic (exact) mass is 422 g/mol. The summed E-state index contributed by atoms with van der Waals surface area (Å²) in [5.41, 5.74) is 8.61. The molecule has 2 aromatic heterocycles. The Labute approximate surface area is 191 Å². The van der Waals surface area contributed by atoms with Crippen LogP contribution < -0.4 is 0 Å². The van der Waals surface area contributed by atoms with Crippen LogP contribution in [-0.4, -0.2) is 9.13 Å². The first-order valence-electron chi connectivity index (χ1n) is 11.4. The smallest absolute Gasteiger partial charge is 0.0782 e. The van der Waals surface area contributed by atoms with Crippen molar-refractivity contribution >= 4 is 43.6 Å². The van der Waals surface area contributed by atoms with Gasteiger partial charge < -0.3 is 9.13 Å². The van der Waals surface area contributed by atoms with Crippen molar-refractivity contribution in [3.8, 4) is 11.4 Å². The normalized spacial score (nSPS) is 11.8. The number of rotatable bonds is 2. The topological polar surface area (TPSA) is 9.86 Å². The van der Waals surface area contributed by atoms with E-state index in [1.54, 1.807) is 0 Å². The molecule has 5 aromatic carbocycles. The Kier molecular flexibility index (Phi) is 3.80. The van der Waals surface area contributed by atoms with Gasteiger partial charge in [0.25, 0.3) is 0 Å². The molecule has 0 atom stereocenters. The van der Waals surface area contributed by atoms with Crippen LogP contribution in [-0.2, 0) is 0 Å². The second kappa shape index (κ2) is 6.85. The Balaban J connectivity index is 1.73. The van der Waals surface area contributed by atoms with Gasteiger partial charge in [0.2, 0.25) is 0 Å². The summed E-state index contributed by atoms with van der Waals surface area (Å²) in [4.78, 5) is 0. The fourth-order valence-electron chi connectivity index (χ4n) is 5.43. The molecule has 0 spiro atoms. The van der Waals surface area contributed by atoms with Gasteiger partial charge in [0.1, 0.15) is 0 Å². The second-order valence-electron chi connectivity index (χ2n) is 8.68. The maximum Gasteiger partial charge on any atom is 0.0782 e. The van der Waals surface area contributed by atoms with Gasteiger partial charge in [-0.05, 0) is 42.8 Å². The highest BCUT2D eigenvalue weighted by Crippen LogP contribution is 2.39. The molecular weight excluding hydrogens is 400 g/mol. The van der Waals surface area contributed by atoms with Crippen LogP contribution in [0.1, 0.15) is 5.56 Å². The highest BCUT2D eigenvalue weighted by molar-refractivity contribution is 6.15. The van der Waals surface area contributed by atoms with Crippen molar-refractivity contribution < 1.29 is 0 Å². The highest BCUT2D eigenvalue weighted by atomic mass is 15.1. The van der Waals surface area contributed by atoms with Gasteiger partial charge in [-0.2, -0.15) is 0 Å². The van der Waals surface area contributed by atoms with Gasteiger partial charge in [-0.3, -0.25) is 0 Å². The zero-order chi connectivity index (χ0) is 21.9. The van der Waals surface area contributed by atoms with Crippen molar-refractivity contribution in [3.05, 3.63) is 121 Å². The van der Waals surface area contributed by atoms with Crippen molar-refractivity contribution in [3.63, 3.8) is 0 Å². The van der Waals surface area contributed by atoms with E-state index < -0.39 is 0 Å². The third kappa shape index (κ3) is 2.49. The number of fused-ring (bicyclic) bond motifs is 6. The molecule has 0 N–H and O–H groups in total. The largest absolute Gasteiger partial charge is 0.307 e. The number of nitrogens with zero attached hydrogens (tertiary/aromatic N) is 2. The summed E-state index contributed by atoms with van der Waals surface area (Å²) in [6.07, 6.45) is 0. The average Bonchev–Trinajstić information content (AvgIpc) is 3.38. The lowest BCUT2D eigenvalue weighted by atomic mass is 10.1. The number of hydrogen-bond donors (Lipinski definition) is 0. The Morgan fingerprint density at radius 3 is 1.48 bits per heavy atom. The number of aryl methyl sites for hydroxylation is 1. The van der Waals surface area contributed by atoms with E-state index in [1.807, 2.05) is 0 Å². The first kappa shape index (κ1) is 18.3. The van der Waals surface area contributed by atoms with Crippen LogP contribution in [0, 0.1) is 6.92 Å². The standard InChI is InChI=1S/C31H22N2/c1-21-11-2-6-16-26(21)33-29-19-9-5-14-24(29)25-15-10-20-30(31(25)33)32-27-17-7-3-12-22(27)23-13-4-8-18-28(23)32/h2-20H,1H3. The maximum absolute atomic E-state index is 2.44. The molecular formula is C31H22N2. The van der Waals surface area contributed by atoms with Gasteiger partial charge >= 0.3 is 0 Å². The van der Waals surface area contributed by atoms with E-state index in [-0.39, 0.29) is 0 Å². The fourth-order valence-corrected chi connectivity index (χ4v) is 5.43. The summed E-state index contributed by atoms with van der Waals surface area (Å²) in [6, 6.07) is 41.6. The summed E-state index contributed by atoms with van der Waals surface area (Å²) in [6.45, 7) is 2.19. The second-order valence-corrected chi connectivity index (χ2v) is 8.68. The summed E-state index contributed by atoms with van der Waals surface area (Å²) >= 11 is 0. The zero-order valence-corrected chi connectivity index (χ0v) is 18.4. The minimum Gasteiger partial charge on any atom is -0.307 e. The van der Waals surface area contributed by atoms with Crippen molar-refractivity contribution in [2.24, 2.45) is 0 Å². The van der Waals surface area contributed by atoms with E-state index in [1.165, 1.54) is 60.5 Å². The molecule has 0 fully saturated rings. The maximum atomic E-state index is 2.44. The van der Waals surface area contributed by atoms with E-state index in [0.29, 0.717) is 0 Å². The zero-order valence-electron chi connectivity index (χ0n) is 18.4. The molecule has 0 unspecified atom stereocenters. The van der Waals surface area contributed by atoms with Crippen LogP contribution in [0.4, 0.5) is 0 Å². The Bertz CT molecular complexity index is 1780. The Morgan fingerprint density at radius 1 is 0.394 bits per heavy atom. The van der Waals surface area contributed by atoms with Crippen molar-refractivity contribution in [1.82, 2.24) is 9.13 Å². The fraction of sp³-hybridized carbons (Fsp3) is 0.0323. The minimum absolute atomic E-state index is 1.20. The number of benzene rings is 5. The summed E-state index contributed by atoms with van der Waals surface area (Å²) in [5, 5.41) is 5.11. The third-order valence-electron chi connectivity index (χ3n) is 6.85. The molecule has 2 heteroatoms. The predicted molar refractivity (Wildman–Crippen MR) is 140 cm³/mol. The van der Waals surface area contributed by atoms with Crippen LogP contribution in [0.25, 0.3) is 55.0 Å². The molecule has 0 bridgehead atoms. The van der Waals surface area contributed by atoms with Crippen LogP contribution in [0.15, 0.2) is 115 Å². The number of para-hydroxylation sites is 5. The van der Waals surface area contributed by atoms with Gasteiger partial charge in [0, 0.05) is 27.2 Å². The SMILES string of the molecule is Cc1ccccc1-n1c2ccccc2c2cccc(-n3c4ccccc4c4ccccc43)c21. The third-order valence-corrected chi connectivity index (χ3v) is 6.85. The molecule has 7 aromatic rings. The number of hydrogen-bond acceptors (Lipinski definition) is 0. The van der Waals surface area contributed by atoms with Crippen molar-refractivity contribution in [1.29, 1.82) is 0 Å². The predicted octanol–water partition coefficient (Wildman–Crippen LogP) is 8.19. The van der Waals surface area contributed by atoms with E-state index in [0.717, 1.165) is 0 Å². The van der Waals surface area contributed by atoms with Crippen LogP contribution in [0.5, 0.6) is 0 Å². The molecule has 0 aliphatic rings. The molecule has 156 valence electrons. The summed E-state index contributed by atoms with van der Waals surface area (Å²) < 4.78 is 4.87. The quantitative estimate of drug-likeness (QED) is 0.266.